The summed E-state index contributed by atoms with van der Waals surface area (Å²) in [6.45, 7) is 0.669. The van der Waals surface area contributed by atoms with Gasteiger partial charge in [0.25, 0.3) is 0 Å². The van der Waals surface area contributed by atoms with Crippen molar-refractivity contribution < 1.29 is 13.2 Å². The molecule has 3 heterocycles. The number of para-hydroxylation sites is 2. The zero-order valence-electron chi connectivity index (χ0n) is 15.2. The third kappa shape index (κ3) is 4.73. The van der Waals surface area contributed by atoms with Gasteiger partial charge in [-0.1, -0.05) is 35.5 Å². The van der Waals surface area contributed by atoms with Crippen LogP contribution in [0.25, 0.3) is 11.0 Å². The van der Waals surface area contributed by atoms with Gasteiger partial charge in [0, 0.05) is 18.5 Å². The summed E-state index contributed by atoms with van der Waals surface area (Å²) in [7, 11) is 0. The van der Waals surface area contributed by atoms with Crippen LogP contribution >= 0.6 is 35.1 Å². The molecule has 1 aromatic carbocycles. The second-order valence-electron chi connectivity index (χ2n) is 6.14. The molecule has 156 valence electrons. The van der Waals surface area contributed by atoms with Crippen LogP contribution in [-0.2, 0) is 12.7 Å². The molecule has 0 aliphatic rings. The van der Waals surface area contributed by atoms with Crippen molar-refractivity contribution in [1.82, 2.24) is 29.7 Å². The number of imidazole rings is 1. The van der Waals surface area contributed by atoms with Crippen LogP contribution in [0.3, 0.4) is 0 Å². The van der Waals surface area contributed by atoms with Crippen molar-refractivity contribution in [3.05, 3.63) is 53.4 Å². The predicted molar refractivity (Wildman–Crippen MR) is 110 cm³/mol. The second-order valence-corrected chi connectivity index (χ2v) is 8.58. The number of nitrogens with one attached hydrogen (secondary N) is 1. The molecule has 1 N–H and O–H groups in total. The lowest BCUT2D eigenvalue weighted by atomic mass is 10.3. The number of hydrogen-bond donors (Lipinski definition) is 1. The van der Waals surface area contributed by atoms with Crippen molar-refractivity contribution in [2.45, 2.75) is 34.5 Å². The SMILES string of the molecule is FC(F)(F)c1cnc(Sc2nc3ccccc3n2CCCSc2ncn[nH]2)c(Cl)c1. The Morgan fingerprint density at radius 1 is 1.17 bits per heavy atom. The van der Waals surface area contributed by atoms with Gasteiger partial charge in [0.1, 0.15) is 11.4 Å². The van der Waals surface area contributed by atoms with E-state index in [2.05, 4.69) is 25.1 Å². The molecule has 6 nitrogen and oxygen atoms in total. The molecule has 0 spiro atoms. The quantitative estimate of drug-likeness (QED) is 0.282. The zero-order chi connectivity index (χ0) is 21.1. The fourth-order valence-electron chi connectivity index (χ4n) is 2.74. The number of halogens is 4. The van der Waals surface area contributed by atoms with Gasteiger partial charge in [0.05, 0.1) is 21.6 Å². The van der Waals surface area contributed by atoms with Gasteiger partial charge >= 0.3 is 6.18 Å². The van der Waals surface area contributed by atoms with Gasteiger partial charge in [-0.2, -0.15) is 18.3 Å². The average molecular weight is 471 g/mol. The number of nitrogens with zero attached hydrogens (tertiary/aromatic N) is 5. The molecule has 0 bridgehead atoms. The van der Waals surface area contributed by atoms with Crippen LogP contribution in [0.1, 0.15) is 12.0 Å². The van der Waals surface area contributed by atoms with E-state index in [1.165, 1.54) is 6.33 Å². The van der Waals surface area contributed by atoms with Crippen LogP contribution in [0.5, 0.6) is 0 Å². The van der Waals surface area contributed by atoms with Crippen LogP contribution in [-0.4, -0.2) is 35.5 Å². The molecule has 0 fully saturated rings. The molecule has 30 heavy (non-hydrogen) atoms. The molecule has 0 radical (unpaired) electrons. The molecule has 0 saturated carbocycles. The number of alkyl halides is 3. The smallest absolute Gasteiger partial charge is 0.319 e. The highest BCUT2D eigenvalue weighted by molar-refractivity contribution is 7.99. The summed E-state index contributed by atoms with van der Waals surface area (Å²) < 4.78 is 40.6. The maximum atomic E-state index is 12.9. The second kappa shape index (κ2) is 8.86. The highest BCUT2D eigenvalue weighted by atomic mass is 35.5. The van der Waals surface area contributed by atoms with E-state index in [0.29, 0.717) is 11.7 Å². The molecule has 0 aliphatic heterocycles. The summed E-state index contributed by atoms with van der Waals surface area (Å²) >= 11 is 8.79. The maximum Gasteiger partial charge on any atom is 0.417 e. The minimum absolute atomic E-state index is 0.0608. The largest absolute Gasteiger partial charge is 0.417 e. The normalized spacial score (nSPS) is 12.0. The van der Waals surface area contributed by atoms with E-state index in [9.17, 15) is 13.2 Å². The van der Waals surface area contributed by atoms with E-state index >= 15 is 0 Å². The number of aromatic nitrogens is 6. The molecule has 12 heteroatoms. The van der Waals surface area contributed by atoms with Gasteiger partial charge < -0.3 is 4.57 Å². The minimum Gasteiger partial charge on any atom is -0.319 e. The first-order valence-electron chi connectivity index (χ1n) is 8.76. The van der Waals surface area contributed by atoms with Crippen LogP contribution in [0.15, 0.2) is 58.2 Å². The van der Waals surface area contributed by atoms with Gasteiger partial charge in [-0.05, 0) is 36.4 Å². The van der Waals surface area contributed by atoms with Crippen molar-refractivity contribution in [3.8, 4) is 0 Å². The van der Waals surface area contributed by atoms with E-state index in [1.807, 2.05) is 28.8 Å². The fraction of sp³-hybridized carbons (Fsp3) is 0.222. The van der Waals surface area contributed by atoms with Crippen molar-refractivity contribution in [2.75, 3.05) is 5.75 Å². The molecule has 0 aliphatic carbocycles. The lowest BCUT2D eigenvalue weighted by Crippen LogP contribution is -2.06. The van der Waals surface area contributed by atoms with E-state index in [4.69, 9.17) is 11.6 Å². The molecule has 0 atom stereocenters. The van der Waals surface area contributed by atoms with E-state index in [1.54, 1.807) is 11.8 Å². The summed E-state index contributed by atoms with van der Waals surface area (Å²) in [5.74, 6) is 0.811. The summed E-state index contributed by atoms with van der Waals surface area (Å²) in [4.78, 5) is 12.6. The summed E-state index contributed by atoms with van der Waals surface area (Å²) in [5, 5.41) is 8.20. The first-order chi connectivity index (χ1) is 14.4. The van der Waals surface area contributed by atoms with Crippen molar-refractivity contribution in [2.24, 2.45) is 0 Å². The molecular formula is C18H14ClF3N6S2. The maximum absolute atomic E-state index is 12.9. The van der Waals surface area contributed by atoms with Crippen molar-refractivity contribution >= 4 is 46.2 Å². The van der Waals surface area contributed by atoms with Crippen LogP contribution in [0.4, 0.5) is 13.2 Å². The Morgan fingerprint density at radius 2 is 2.00 bits per heavy atom. The standard InChI is InChI=1S/C18H14ClF3N6S2/c19-12-8-11(18(20,21)22)9-23-15(12)30-17-26-13-4-1-2-5-14(13)28(17)6-3-7-29-16-24-10-25-27-16/h1-2,4-5,8-10H,3,6-7H2,(H,24,25,27). The number of pyridine rings is 1. The number of benzene rings is 1. The number of thioether (sulfide) groups is 1. The topological polar surface area (TPSA) is 72.3 Å². The average Bonchev–Trinajstić information content (AvgIpc) is 3.34. The Hall–Kier alpha value is -2.24. The van der Waals surface area contributed by atoms with Gasteiger partial charge in [0.15, 0.2) is 10.3 Å². The predicted octanol–water partition coefficient (Wildman–Crippen LogP) is 5.56. The van der Waals surface area contributed by atoms with Gasteiger partial charge in [-0.15, -0.1) is 0 Å². The monoisotopic (exact) mass is 470 g/mol. The number of rotatable bonds is 7. The number of hydrogen-bond acceptors (Lipinski definition) is 6. The summed E-state index contributed by atoms with van der Waals surface area (Å²) in [6.07, 6.45) is -1.42. The Morgan fingerprint density at radius 3 is 2.73 bits per heavy atom. The van der Waals surface area contributed by atoms with E-state index in [0.717, 1.165) is 52.4 Å². The molecule has 4 rings (SSSR count). The van der Waals surface area contributed by atoms with Gasteiger partial charge in [0.2, 0.25) is 0 Å². The number of aryl methyl sites for hydroxylation is 1. The lowest BCUT2D eigenvalue weighted by molar-refractivity contribution is -0.137. The minimum atomic E-state index is -4.49. The molecule has 4 aromatic rings. The van der Waals surface area contributed by atoms with Gasteiger partial charge in [-0.3, -0.25) is 5.10 Å². The van der Waals surface area contributed by atoms with Crippen molar-refractivity contribution in [1.29, 1.82) is 0 Å². The number of fused-ring (bicyclic) bond motifs is 1. The Labute approximate surface area is 182 Å². The molecular weight excluding hydrogens is 457 g/mol. The Kier molecular flexibility index (Phi) is 6.21. The third-order valence-electron chi connectivity index (χ3n) is 4.10. The molecule has 0 unspecified atom stereocenters. The molecule has 0 amide bonds. The van der Waals surface area contributed by atoms with Crippen LogP contribution < -0.4 is 0 Å². The Bertz CT molecular complexity index is 1150. The first kappa shape index (κ1) is 21.0. The zero-order valence-corrected chi connectivity index (χ0v) is 17.6. The van der Waals surface area contributed by atoms with E-state index in [-0.39, 0.29) is 10.0 Å². The Balaban J connectivity index is 1.55. The van der Waals surface area contributed by atoms with Crippen LogP contribution in [0.2, 0.25) is 5.02 Å². The van der Waals surface area contributed by atoms with Gasteiger partial charge in [-0.25, -0.2) is 15.0 Å². The highest BCUT2D eigenvalue weighted by Gasteiger charge is 2.31. The molecule has 3 aromatic heterocycles. The lowest BCUT2D eigenvalue weighted by Gasteiger charge is -2.10. The van der Waals surface area contributed by atoms with E-state index < -0.39 is 11.7 Å². The highest BCUT2D eigenvalue weighted by Crippen LogP contribution is 2.37. The summed E-state index contributed by atoms with van der Waals surface area (Å²) in [5.41, 5.74) is 0.855. The number of H-pyrrole nitrogens is 1. The first-order valence-corrected chi connectivity index (χ1v) is 10.9. The molecule has 0 saturated heterocycles. The number of aromatic amines is 1. The fourth-order valence-corrected chi connectivity index (χ4v) is 4.61. The third-order valence-corrected chi connectivity index (χ3v) is 6.48. The van der Waals surface area contributed by atoms with Crippen molar-refractivity contribution in [3.63, 3.8) is 0 Å². The van der Waals surface area contributed by atoms with Crippen LogP contribution in [0, 0.1) is 0 Å². The summed E-state index contributed by atoms with van der Waals surface area (Å²) in [6, 6.07) is 8.54.